The zero-order chi connectivity index (χ0) is 29.4. The Morgan fingerprint density at radius 1 is 1.18 bits per heavy atom. The van der Waals surface area contributed by atoms with Gasteiger partial charge in [0.25, 0.3) is 0 Å². The maximum absolute atomic E-state index is 13.9. The smallest absolute Gasteiger partial charge is 0.408 e. The van der Waals surface area contributed by atoms with Gasteiger partial charge in [0.15, 0.2) is 0 Å². The quantitative estimate of drug-likeness (QED) is 0.169. The Labute approximate surface area is 232 Å². The second-order valence-electron chi connectivity index (χ2n) is 11.6. The Hall–Kier alpha value is -2.66. The summed E-state index contributed by atoms with van der Waals surface area (Å²) < 4.78 is 10.6. The highest BCUT2D eigenvalue weighted by Crippen LogP contribution is 2.28. The van der Waals surface area contributed by atoms with E-state index in [9.17, 15) is 24.3 Å². The summed E-state index contributed by atoms with van der Waals surface area (Å²) in [5.41, 5.74) is -2.04. The van der Waals surface area contributed by atoms with Crippen LogP contribution in [-0.2, 0) is 23.9 Å². The van der Waals surface area contributed by atoms with Crippen LogP contribution >= 0.6 is 0 Å². The maximum Gasteiger partial charge on any atom is 0.408 e. The molecule has 2 fully saturated rings. The fourth-order valence-electron chi connectivity index (χ4n) is 4.61. The first-order valence-electron chi connectivity index (χ1n) is 14.1. The van der Waals surface area contributed by atoms with E-state index in [1.54, 1.807) is 41.5 Å². The number of nitrogens with zero attached hydrogens (tertiary/aromatic N) is 2. The predicted octanol–water partition coefficient (Wildman–Crippen LogP) is 2.12. The number of rotatable bonds is 14. The predicted molar refractivity (Wildman–Crippen MR) is 147 cm³/mol. The number of unbranched alkanes of at least 4 members (excludes halogenated alkanes) is 1. The summed E-state index contributed by atoms with van der Waals surface area (Å²) in [6, 6.07) is -1.68. The summed E-state index contributed by atoms with van der Waals surface area (Å²) in [6.07, 6.45) is 4.22. The van der Waals surface area contributed by atoms with Crippen LogP contribution in [0.3, 0.4) is 0 Å². The maximum atomic E-state index is 13.9. The number of likely N-dealkylation sites (tertiary alicyclic amines) is 1. The van der Waals surface area contributed by atoms with Crippen LogP contribution < -0.4 is 10.6 Å². The van der Waals surface area contributed by atoms with E-state index in [-0.39, 0.29) is 32.5 Å². The van der Waals surface area contributed by atoms with Crippen molar-refractivity contribution in [2.45, 2.75) is 115 Å². The van der Waals surface area contributed by atoms with Crippen molar-refractivity contribution in [3.05, 3.63) is 12.7 Å². The molecule has 1 saturated heterocycles. The van der Waals surface area contributed by atoms with Gasteiger partial charge in [-0.2, -0.15) is 0 Å². The minimum Gasteiger partial charge on any atom is -0.464 e. The molecule has 1 heterocycles. The van der Waals surface area contributed by atoms with Crippen molar-refractivity contribution >= 4 is 23.9 Å². The summed E-state index contributed by atoms with van der Waals surface area (Å²) in [6.45, 7) is 15.1. The van der Waals surface area contributed by atoms with E-state index >= 15 is 0 Å². The molecule has 2 aliphatic rings. The molecule has 0 aromatic heterocycles. The van der Waals surface area contributed by atoms with Gasteiger partial charge in [-0.3, -0.25) is 14.5 Å². The van der Waals surface area contributed by atoms with Crippen molar-refractivity contribution in [1.29, 1.82) is 0 Å². The molecule has 0 unspecified atom stereocenters. The normalized spacial score (nSPS) is 21.6. The summed E-state index contributed by atoms with van der Waals surface area (Å²) in [7, 11) is 0. The van der Waals surface area contributed by atoms with Crippen molar-refractivity contribution in [2.24, 2.45) is 0 Å². The molecule has 0 bridgehead atoms. The zero-order valence-corrected chi connectivity index (χ0v) is 24.5. The molecular weight excluding hydrogens is 504 g/mol. The van der Waals surface area contributed by atoms with Crippen LogP contribution in [-0.4, -0.2) is 100 Å². The molecule has 4 atom stereocenters. The molecule has 1 aliphatic carbocycles. The third-order valence-corrected chi connectivity index (χ3v) is 7.02. The monoisotopic (exact) mass is 552 g/mol. The number of nitrogens with one attached hydrogen (secondary N) is 2. The number of alkyl carbamates (subject to hydrolysis) is 1. The van der Waals surface area contributed by atoms with Gasteiger partial charge in [-0.1, -0.05) is 13.0 Å². The molecule has 39 heavy (non-hydrogen) atoms. The summed E-state index contributed by atoms with van der Waals surface area (Å²) in [5.74, 6) is -1.61. The first-order chi connectivity index (χ1) is 18.2. The first-order valence-corrected chi connectivity index (χ1v) is 14.1. The second kappa shape index (κ2) is 14.1. The number of carbonyl (C=O) groups excluding carboxylic acids is 4. The van der Waals surface area contributed by atoms with Crippen LogP contribution in [0.2, 0.25) is 0 Å². The van der Waals surface area contributed by atoms with Gasteiger partial charge in [-0.05, 0) is 73.3 Å². The van der Waals surface area contributed by atoms with Gasteiger partial charge in [0.05, 0.1) is 12.7 Å². The number of carbonyl (C=O) groups is 4. The number of β-amino-alcohol motifs (C(OH)–C–C–N with tert-alkyl or cyclic N) is 1. The lowest BCUT2D eigenvalue weighted by molar-refractivity contribution is -0.153. The first kappa shape index (κ1) is 32.6. The third-order valence-electron chi connectivity index (χ3n) is 7.02. The number of aliphatic hydroxyl groups excluding tert-OH is 1. The molecule has 0 spiro atoms. The van der Waals surface area contributed by atoms with Crippen LogP contribution in [0.5, 0.6) is 0 Å². The lowest BCUT2D eigenvalue weighted by atomic mass is 9.98. The SMILES string of the molecule is C=CCCCN(C[C@H](NC(=O)OC(C)(C)C)C(=O)N1C[C@H](O)C[C@H]1C(=O)N[C@@](C)(CC)C(=O)OCC)C1CC1. The van der Waals surface area contributed by atoms with Crippen LogP contribution in [0.25, 0.3) is 0 Å². The fourth-order valence-corrected chi connectivity index (χ4v) is 4.61. The standard InChI is InChI=1S/C28H48N4O7/c1-8-11-12-15-31(19-13-14-19)18-21(29-26(37)39-27(4,5)6)24(35)32-17-20(33)16-22(32)23(34)30-28(7,9-2)25(36)38-10-3/h8,19-22,33H,1,9-18H2,2-7H3,(H,29,37)(H,30,34)/t20-,21+,22+,28+/m1/s1. The Bertz CT molecular complexity index is 886. The Morgan fingerprint density at radius 2 is 1.85 bits per heavy atom. The topological polar surface area (TPSA) is 138 Å². The van der Waals surface area contributed by atoms with E-state index in [0.29, 0.717) is 6.04 Å². The van der Waals surface area contributed by atoms with Gasteiger partial charge >= 0.3 is 12.1 Å². The van der Waals surface area contributed by atoms with E-state index in [1.165, 1.54) is 4.90 Å². The largest absolute Gasteiger partial charge is 0.464 e. The van der Waals surface area contributed by atoms with Crippen molar-refractivity contribution in [2.75, 3.05) is 26.2 Å². The summed E-state index contributed by atoms with van der Waals surface area (Å²) >= 11 is 0. The van der Waals surface area contributed by atoms with Crippen LogP contribution in [0.4, 0.5) is 4.79 Å². The Balaban J connectivity index is 2.27. The molecular formula is C28H48N4O7. The molecule has 2 rings (SSSR count). The van der Waals surface area contributed by atoms with Gasteiger partial charge in [0, 0.05) is 25.6 Å². The van der Waals surface area contributed by atoms with Crippen molar-refractivity contribution < 1.29 is 33.8 Å². The van der Waals surface area contributed by atoms with Crippen molar-refractivity contribution in [3.8, 4) is 0 Å². The van der Waals surface area contributed by atoms with Gasteiger partial charge < -0.3 is 30.1 Å². The van der Waals surface area contributed by atoms with Gasteiger partial charge in [-0.25, -0.2) is 9.59 Å². The number of hydrogen-bond donors (Lipinski definition) is 3. The molecule has 3 N–H and O–H groups in total. The number of aliphatic hydroxyl groups is 1. The highest BCUT2D eigenvalue weighted by atomic mass is 16.6. The van der Waals surface area contributed by atoms with Crippen molar-refractivity contribution in [3.63, 3.8) is 0 Å². The molecule has 0 radical (unpaired) electrons. The molecule has 3 amide bonds. The minimum atomic E-state index is -1.28. The third kappa shape index (κ3) is 9.79. The van der Waals surface area contributed by atoms with Gasteiger partial charge in [0.1, 0.15) is 23.2 Å². The summed E-state index contributed by atoms with van der Waals surface area (Å²) in [4.78, 5) is 56.1. The summed E-state index contributed by atoms with van der Waals surface area (Å²) in [5, 5.41) is 15.9. The molecule has 1 saturated carbocycles. The lowest BCUT2D eigenvalue weighted by Gasteiger charge is -2.34. The second-order valence-corrected chi connectivity index (χ2v) is 11.6. The molecule has 11 heteroatoms. The number of hydrogen-bond acceptors (Lipinski definition) is 8. The molecule has 0 aromatic rings. The van der Waals surface area contributed by atoms with Crippen LogP contribution in [0, 0.1) is 0 Å². The van der Waals surface area contributed by atoms with Crippen molar-refractivity contribution in [1.82, 2.24) is 20.4 Å². The molecule has 11 nitrogen and oxygen atoms in total. The zero-order valence-electron chi connectivity index (χ0n) is 24.5. The molecule has 0 aromatic carbocycles. The van der Waals surface area contributed by atoms with E-state index < -0.39 is 53.2 Å². The highest BCUT2D eigenvalue weighted by Gasteiger charge is 2.45. The number of amides is 3. The average Bonchev–Trinajstić information content (AvgIpc) is 3.62. The number of allylic oxidation sites excluding steroid dienone is 1. The molecule has 222 valence electrons. The average molecular weight is 553 g/mol. The fraction of sp³-hybridized carbons (Fsp3) is 0.786. The van der Waals surface area contributed by atoms with E-state index in [0.717, 1.165) is 32.2 Å². The number of ether oxygens (including phenoxy) is 2. The van der Waals surface area contributed by atoms with Gasteiger partial charge in [0.2, 0.25) is 11.8 Å². The van der Waals surface area contributed by atoms with Crippen LogP contribution in [0.1, 0.15) is 80.1 Å². The van der Waals surface area contributed by atoms with Crippen LogP contribution in [0.15, 0.2) is 12.7 Å². The Kier molecular flexibility index (Phi) is 11.8. The minimum absolute atomic E-state index is 0.0189. The van der Waals surface area contributed by atoms with E-state index in [1.807, 2.05) is 6.08 Å². The highest BCUT2D eigenvalue weighted by molar-refractivity contribution is 5.94. The van der Waals surface area contributed by atoms with E-state index in [4.69, 9.17) is 9.47 Å². The van der Waals surface area contributed by atoms with Gasteiger partial charge in [-0.15, -0.1) is 6.58 Å². The Morgan fingerprint density at radius 3 is 2.38 bits per heavy atom. The van der Waals surface area contributed by atoms with E-state index in [2.05, 4.69) is 22.1 Å². The lowest BCUT2D eigenvalue weighted by Crippen LogP contribution is -2.60. The molecule has 1 aliphatic heterocycles. The number of esters is 1.